The number of rotatable bonds is 12. The second kappa shape index (κ2) is 10.7. The lowest BCUT2D eigenvalue weighted by Gasteiger charge is -2.26. The third-order valence-corrected chi connectivity index (χ3v) is 4.57. The zero-order valence-electron chi connectivity index (χ0n) is 15.5. The van der Waals surface area contributed by atoms with Crippen molar-refractivity contribution in [3.8, 4) is 0 Å². The highest BCUT2D eigenvalue weighted by Crippen LogP contribution is 2.22. The van der Waals surface area contributed by atoms with Crippen LogP contribution in [0.3, 0.4) is 0 Å². The van der Waals surface area contributed by atoms with Crippen molar-refractivity contribution in [1.29, 1.82) is 0 Å². The van der Waals surface area contributed by atoms with Crippen LogP contribution >= 0.6 is 0 Å². The Morgan fingerprint density at radius 2 is 1.30 bits per heavy atom. The highest BCUT2D eigenvalue weighted by molar-refractivity contribution is 4.61. The van der Waals surface area contributed by atoms with Crippen molar-refractivity contribution in [2.45, 2.75) is 79.1 Å². The summed E-state index contributed by atoms with van der Waals surface area (Å²) in [5.41, 5.74) is 0. The van der Waals surface area contributed by atoms with Gasteiger partial charge in [0.15, 0.2) is 0 Å². The van der Waals surface area contributed by atoms with Crippen LogP contribution in [0.1, 0.15) is 79.1 Å². The minimum Gasteiger partial charge on any atom is -0.331 e. The molecule has 0 aliphatic carbocycles. The van der Waals surface area contributed by atoms with E-state index in [1.807, 2.05) is 0 Å². The smallest absolute Gasteiger partial charge is 0.0783 e. The third-order valence-electron chi connectivity index (χ3n) is 4.57. The molecular weight excluding hydrogens is 242 g/mol. The summed E-state index contributed by atoms with van der Waals surface area (Å²) in [6.07, 6.45) is 11.4. The molecule has 0 heterocycles. The summed E-state index contributed by atoms with van der Waals surface area (Å²) in [5.74, 6) is 2.77. The monoisotopic (exact) mass is 284 g/mol. The van der Waals surface area contributed by atoms with Gasteiger partial charge in [-0.15, -0.1) is 0 Å². The fraction of sp³-hybridized carbons (Fsp3) is 1.00. The van der Waals surface area contributed by atoms with Crippen LogP contribution in [-0.2, 0) is 0 Å². The molecule has 0 N–H and O–H groups in total. The Morgan fingerprint density at radius 3 is 1.75 bits per heavy atom. The maximum Gasteiger partial charge on any atom is 0.0783 e. The first-order chi connectivity index (χ1) is 9.24. The van der Waals surface area contributed by atoms with E-state index in [0.29, 0.717) is 0 Å². The molecule has 20 heavy (non-hydrogen) atoms. The maximum absolute atomic E-state index is 2.45. The summed E-state index contributed by atoms with van der Waals surface area (Å²) in [5, 5.41) is 0. The van der Waals surface area contributed by atoms with Crippen LogP contribution in [0, 0.1) is 17.8 Å². The molecule has 2 atom stereocenters. The molecule has 0 rings (SSSR count). The summed E-state index contributed by atoms with van der Waals surface area (Å²) < 4.78 is 1.11. The zero-order valence-corrected chi connectivity index (χ0v) is 15.5. The number of hydrogen-bond donors (Lipinski definition) is 0. The van der Waals surface area contributed by atoms with Crippen LogP contribution in [0.5, 0.6) is 0 Å². The van der Waals surface area contributed by atoms with Crippen molar-refractivity contribution in [1.82, 2.24) is 0 Å². The number of quaternary nitrogens is 1. The van der Waals surface area contributed by atoms with E-state index in [0.717, 1.165) is 22.2 Å². The van der Waals surface area contributed by atoms with E-state index in [4.69, 9.17) is 0 Å². The van der Waals surface area contributed by atoms with Gasteiger partial charge in [-0.05, 0) is 24.2 Å². The predicted molar refractivity (Wildman–Crippen MR) is 93.0 cm³/mol. The Hall–Kier alpha value is -0.0400. The van der Waals surface area contributed by atoms with Crippen LogP contribution in [0.15, 0.2) is 0 Å². The van der Waals surface area contributed by atoms with Gasteiger partial charge in [0, 0.05) is 0 Å². The Morgan fingerprint density at radius 1 is 0.750 bits per heavy atom. The van der Waals surface area contributed by atoms with Gasteiger partial charge in [-0.3, -0.25) is 0 Å². The molecule has 1 nitrogen and oxygen atoms in total. The van der Waals surface area contributed by atoms with E-state index in [1.165, 1.54) is 57.9 Å². The summed E-state index contributed by atoms with van der Waals surface area (Å²) >= 11 is 0. The van der Waals surface area contributed by atoms with Gasteiger partial charge in [0.25, 0.3) is 0 Å². The van der Waals surface area contributed by atoms with E-state index in [2.05, 4.69) is 48.8 Å². The average Bonchev–Trinajstić information content (AvgIpc) is 2.31. The van der Waals surface area contributed by atoms with Gasteiger partial charge in [0.2, 0.25) is 0 Å². The molecule has 122 valence electrons. The van der Waals surface area contributed by atoms with Crippen molar-refractivity contribution in [3.63, 3.8) is 0 Å². The largest absolute Gasteiger partial charge is 0.331 e. The number of hydrogen-bond acceptors (Lipinski definition) is 0. The molecule has 0 saturated carbocycles. The highest BCUT2D eigenvalue weighted by atomic mass is 15.3. The van der Waals surface area contributed by atoms with E-state index < -0.39 is 0 Å². The van der Waals surface area contributed by atoms with Crippen molar-refractivity contribution < 1.29 is 4.48 Å². The quantitative estimate of drug-likeness (QED) is 0.401. The van der Waals surface area contributed by atoms with Gasteiger partial charge in [-0.1, -0.05) is 72.6 Å². The lowest BCUT2D eigenvalue weighted by Crippen LogP contribution is -2.36. The predicted octanol–water partition coefficient (Wildman–Crippen LogP) is 5.74. The zero-order chi connectivity index (χ0) is 15.6. The van der Waals surface area contributed by atoms with E-state index in [-0.39, 0.29) is 0 Å². The minimum atomic E-state index is 0.877. The molecule has 0 aromatic rings. The molecule has 0 fully saturated rings. The third kappa shape index (κ3) is 13.0. The van der Waals surface area contributed by atoms with Gasteiger partial charge >= 0.3 is 0 Å². The summed E-state index contributed by atoms with van der Waals surface area (Å²) in [7, 11) is 6.93. The molecule has 0 bridgehead atoms. The second-order valence-corrected chi connectivity index (χ2v) is 8.44. The fourth-order valence-electron chi connectivity index (χ4n) is 2.90. The minimum absolute atomic E-state index is 0.877. The summed E-state index contributed by atoms with van der Waals surface area (Å²) in [6.45, 7) is 10.8. The average molecular weight is 285 g/mol. The van der Waals surface area contributed by atoms with Gasteiger partial charge in [0.1, 0.15) is 0 Å². The van der Waals surface area contributed by atoms with Crippen LogP contribution in [-0.4, -0.2) is 32.2 Å². The fourth-order valence-corrected chi connectivity index (χ4v) is 2.90. The topological polar surface area (TPSA) is 0 Å². The Balaban J connectivity index is 3.68. The normalized spacial score (nSPS) is 15.6. The molecule has 0 aromatic heterocycles. The lowest BCUT2D eigenvalue weighted by atomic mass is 9.90. The number of nitrogens with zero attached hydrogens (tertiary/aromatic N) is 1. The molecule has 0 aromatic carbocycles. The van der Waals surface area contributed by atoms with Crippen LogP contribution in [0.2, 0.25) is 0 Å². The van der Waals surface area contributed by atoms with Crippen LogP contribution in [0.4, 0.5) is 0 Å². The Bertz CT molecular complexity index is 214. The van der Waals surface area contributed by atoms with Crippen LogP contribution < -0.4 is 0 Å². The molecule has 0 aliphatic heterocycles. The molecule has 2 unspecified atom stereocenters. The summed E-state index contributed by atoms with van der Waals surface area (Å²) in [6, 6.07) is 0. The molecule has 1 heteroatoms. The van der Waals surface area contributed by atoms with E-state index >= 15 is 0 Å². The molecule has 0 amide bonds. The van der Waals surface area contributed by atoms with Crippen molar-refractivity contribution in [2.24, 2.45) is 17.8 Å². The van der Waals surface area contributed by atoms with Gasteiger partial charge in [-0.2, -0.15) is 0 Å². The van der Waals surface area contributed by atoms with Crippen LogP contribution in [0.25, 0.3) is 0 Å². The lowest BCUT2D eigenvalue weighted by molar-refractivity contribution is -0.871. The molecule has 0 spiro atoms. The van der Waals surface area contributed by atoms with Gasteiger partial charge in [0.05, 0.1) is 27.7 Å². The van der Waals surface area contributed by atoms with E-state index in [9.17, 15) is 0 Å². The SMILES string of the molecule is CCC(CCCC(C)CCCC(C)C)CC[N+](C)(C)C. The van der Waals surface area contributed by atoms with Gasteiger partial charge in [-0.25, -0.2) is 0 Å². The van der Waals surface area contributed by atoms with Crippen molar-refractivity contribution in [3.05, 3.63) is 0 Å². The molecule has 0 saturated heterocycles. The second-order valence-electron chi connectivity index (χ2n) is 8.44. The Kier molecular flexibility index (Phi) is 10.6. The summed E-state index contributed by atoms with van der Waals surface area (Å²) in [4.78, 5) is 0. The highest BCUT2D eigenvalue weighted by Gasteiger charge is 2.13. The van der Waals surface area contributed by atoms with Crippen molar-refractivity contribution >= 4 is 0 Å². The first-order valence-corrected chi connectivity index (χ1v) is 9.05. The standard InChI is InChI=1S/C19H42N/c1-8-19(15-16-20(5,6)7)14-10-13-18(4)12-9-11-17(2)3/h17-19H,8-16H2,1-7H3/q+1. The first-order valence-electron chi connectivity index (χ1n) is 9.05. The Labute approximate surface area is 129 Å². The molecule has 0 aliphatic rings. The molecular formula is C19H42N+. The molecule has 0 radical (unpaired) electrons. The maximum atomic E-state index is 2.45. The van der Waals surface area contributed by atoms with Gasteiger partial charge < -0.3 is 4.48 Å². The first kappa shape index (κ1) is 20.0. The van der Waals surface area contributed by atoms with Crippen molar-refractivity contribution in [2.75, 3.05) is 27.7 Å². The van der Waals surface area contributed by atoms with E-state index in [1.54, 1.807) is 0 Å².